The highest BCUT2D eigenvalue weighted by Crippen LogP contribution is 2.22. The molecule has 24 heteroatoms. The van der Waals surface area contributed by atoms with Crippen molar-refractivity contribution in [1.82, 2.24) is 14.7 Å². The van der Waals surface area contributed by atoms with Crippen LogP contribution < -0.4 is 46.6 Å². The van der Waals surface area contributed by atoms with E-state index in [1.165, 1.54) is 0 Å². The highest BCUT2D eigenvalue weighted by Gasteiger charge is 2.14. The number of amides is 6. The molecule has 0 unspecified atom stereocenters. The molecule has 0 spiro atoms. The maximum atomic E-state index is 12.5. The molecule has 6 rings (SSSR count). The van der Waals surface area contributed by atoms with Crippen molar-refractivity contribution in [2.24, 2.45) is 0 Å². The molecular formula is C75H102Cl6N12O6. The van der Waals surface area contributed by atoms with Crippen molar-refractivity contribution < 1.29 is 28.8 Å². The van der Waals surface area contributed by atoms with E-state index in [4.69, 9.17) is 69.6 Å². The zero-order valence-corrected chi connectivity index (χ0v) is 62.9. The summed E-state index contributed by atoms with van der Waals surface area (Å²) in [6.45, 7) is 19.2. The van der Waals surface area contributed by atoms with Gasteiger partial charge in [-0.05, 0) is 192 Å². The van der Waals surface area contributed by atoms with Crippen LogP contribution in [0.4, 0.5) is 51.2 Å². The van der Waals surface area contributed by atoms with Gasteiger partial charge in [-0.1, -0.05) is 64.1 Å². The summed E-state index contributed by atoms with van der Waals surface area (Å²) in [4.78, 5) is 86.5. The molecule has 0 saturated carbocycles. The first kappa shape index (κ1) is 84.6. The van der Waals surface area contributed by atoms with E-state index < -0.39 is 0 Å². The molecule has 0 aliphatic heterocycles. The molecule has 0 atom stereocenters. The van der Waals surface area contributed by atoms with E-state index in [2.05, 4.69) is 89.0 Å². The normalized spacial score (nSPS) is 10.8. The van der Waals surface area contributed by atoms with Crippen molar-refractivity contribution in [3.05, 3.63) is 162 Å². The van der Waals surface area contributed by atoms with E-state index in [1.54, 1.807) is 72.8 Å². The van der Waals surface area contributed by atoms with Gasteiger partial charge >= 0.3 is 0 Å². The van der Waals surface area contributed by atoms with Crippen LogP contribution >= 0.6 is 69.6 Å². The summed E-state index contributed by atoms with van der Waals surface area (Å²) in [5.41, 5.74) is 10.1. The first-order valence-corrected chi connectivity index (χ1v) is 37.2. The van der Waals surface area contributed by atoms with Crippen molar-refractivity contribution in [2.75, 3.05) is 181 Å². The van der Waals surface area contributed by atoms with Gasteiger partial charge in [0.15, 0.2) is 0 Å². The van der Waals surface area contributed by atoms with E-state index in [0.29, 0.717) is 83.0 Å². The number of halogens is 6. The summed E-state index contributed by atoms with van der Waals surface area (Å²) < 4.78 is 0. The van der Waals surface area contributed by atoms with Gasteiger partial charge in [0.05, 0.1) is 19.3 Å². The number of hydrogen-bond acceptors (Lipinski definition) is 12. The lowest BCUT2D eigenvalue weighted by Gasteiger charge is -2.23. The molecule has 6 aromatic carbocycles. The van der Waals surface area contributed by atoms with Crippen LogP contribution in [-0.4, -0.2) is 185 Å². The van der Waals surface area contributed by atoms with Gasteiger partial charge in [-0.25, -0.2) is 0 Å². The third-order valence-electron chi connectivity index (χ3n) is 15.8. The molecular weight excluding hydrogens is 1380 g/mol. The number of nitrogens with one attached hydrogen (secondary N) is 6. The largest absolute Gasteiger partial charge is 0.369 e. The number of anilines is 9. The second kappa shape index (κ2) is 49.7. The van der Waals surface area contributed by atoms with E-state index >= 15 is 0 Å². The third kappa shape index (κ3) is 34.9. The lowest BCUT2D eigenvalue weighted by atomic mass is 10.1. The highest BCUT2D eigenvalue weighted by atomic mass is 35.5. The van der Waals surface area contributed by atoms with Crippen molar-refractivity contribution >= 4 is 156 Å². The molecule has 0 saturated heterocycles. The van der Waals surface area contributed by atoms with E-state index in [-0.39, 0.29) is 54.7 Å². The maximum Gasteiger partial charge on any atom is 0.228 e. The second-order valence-corrected chi connectivity index (χ2v) is 25.7. The lowest BCUT2D eigenvalue weighted by Crippen LogP contribution is -2.27. The van der Waals surface area contributed by atoms with E-state index in [0.717, 1.165) is 137 Å². The molecule has 6 aromatic rings. The Kier molecular flexibility index (Phi) is 42.4. The Morgan fingerprint density at radius 3 is 0.737 bits per heavy atom. The maximum absolute atomic E-state index is 12.5. The van der Waals surface area contributed by atoms with Crippen molar-refractivity contribution in [2.45, 2.75) is 79.1 Å². The van der Waals surface area contributed by atoms with Crippen LogP contribution in [-0.2, 0) is 48.0 Å². The summed E-state index contributed by atoms with van der Waals surface area (Å²) in [5, 5.41) is 17.4. The Hall–Kier alpha value is -6.84. The molecule has 6 N–H and O–H groups in total. The SMILES string of the molecule is CCN(CC)CCC(=O)Nc1ccc(NC(=O)Cc2ccc(N(CCCl)CCCl)cc2)cc1.CCN(CC)CCCC(=O)Nc1ccc(NC(=O)Cc2ccc(N(CCCl)CCCl)cc2)cc1.CN(C)CCCC(=O)Nc1ccc(NC(=O)Cc2ccc(N(CCCl)CCCl)cc2)cc1. The average molecular weight is 1480 g/mol. The van der Waals surface area contributed by atoms with Crippen LogP contribution in [0.2, 0.25) is 0 Å². The van der Waals surface area contributed by atoms with Crippen LogP contribution in [0.25, 0.3) is 0 Å². The Morgan fingerprint density at radius 2 is 0.505 bits per heavy atom. The smallest absolute Gasteiger partial charge is 0.228 e. The summed E-state index contributed by atoms with van der Waals surface area (Å²) in [6, 6.07) is 45.1. The molecule has 0 fully saturated rings. The van der Waals surface area contributed by atoms with Gasteiger partial charge in [-0.2, -0.15) is 0 Å². The minimum absolute atomic E-state index is 0.00282. The van der Waals surface area contributed by atoms with Gasteiger partial charge in [-0.15, -0.1) is 69.6 Å². The Balaban J connectivity index is 0.000000315. The van der Waals surface area contributed by atoms with Crippen LogP contribution in [0.15, 0.2) is 146 Å². The minimum atomic E-state index is -0.100. The summed E-state index contributed by atoms with van der Waals surface area (Å²) in [7, 11) is 3.97. The number of benzene rings is 6. The number of hydrogen-bond donors (Lipinski definition) is 6. The summed E-state index contributed by atoms with van der Waals surface area (Å²) >= 11 is 35.2. The Morgan fingerprint density at radius 1 is 0.283 bits per heavy atom. The van der Waals surface area contributed by atoms with Crippen LogP contribution in [0.5, 0.6) is 0 Å². The van der Waals surface area contributed by atoms with Gasteiger partial charge in [0.25, 0.3) is 0 Å². The van der Waals surface area contributed by atoms with Crippen LogP contribution in [0, 0.1) is 0 Å². The van der Waals surface area contributed by atoms with Crippen molar-refractivity contribution in [3.8, 4) is 0 Å². The molecule has 18 nitrogen and oxygen atoms in total. The predicted octanol–water partition coefficient (Wildman–Crippen LogP) is 14.5. The molecule has 540 valence electrons. The number of rotatable bonds is 42. The van der Waals surface area contributed by atoms with E-state index in [9.17, 15) is 28.8 Å². The summed E-state index contributed by atoms with van der Waals surface area (Å²) in [5.74, 6) is 2.84. The summed E-state index contributed by atoms with van der Waals surface area (Å²) in [6.07, 6.45) is 3.88. The van der Waals surface area contributed by atoms with Gasteiger partial charge < -0.3 is 61.3 Å². The number of nitrogens with zero attached hydrogens (tertiary/aromatic N) is 6. The third-order valence-corrected chi connectivity index (χ3v) is 16.8. The first-order chi connectivity index (χ1) is 47.9. The average Bonchev–Trinajstić information content (AvgIpc) is 0.942. The molecule has 0 heterocycles. The Bertz CT molecular complexity index is 3240. The van der Waals surface area contributed by atoms with Crippen molar-refractivity contribution in [3.63, 3.8) is 0 Å². The highest BCUT2D eigenvalue weighted by molar-refractivity contribution is 6.19. The van der Waals surface area contributed by atoms with E-state index in [1.807, 2.05) is 86.9 Å². The number of alkyl halides is 6. The lowest BCUT2D eigenvalue weighted by molar-refractivity contribution is -0.117. The standard InChI is InChI=1S/C26H36Cl2N4O2.C25H34Cl2N4O2.C24H32Cl2N4O2/c1-3-31(4-2)17-5-6-25(33)29-22-9-11-23(12-10-22)30-26(34)20-21-7-13-24(14-8-21)32(18-15-27)19-16-28;1-3-30(4-2)16-13-24(32)28-21-7-9-22(10-8-21)29-25(33)19-20-5-11-23(12-6-20)31(17-14-26)18-15-27;1-29(2)15-3-4-23(31)27-20-7-9-21(10-8-20)28-24(32)18-19-5-11-22(12-6-19)30(16-13-25)17-14-26/h7-14H,3-6,15-20H2,1-2H3,(H,29,33)(H,30,34);5-12H,3-4,13-19H2,1-2H3,(H,28,32)(H,29,33);5-12H,3-4,13-18H2,1-2H3,(H,27,31)(H,28,32). The van der Waals surface area contributed by atoms with Crippen LogP contribution in [0.3, 0.4) is 0 Å². The first-order valence-electron chi connectivity index (χ1n) is 33.9. The molecule has 0 aliphatic carbocycles. The molecule has 6 amide bonds. The topological polar surface area (TPSA) is 194 Å². The van der Waals surface area contributed by atoms with Crippen molar-refractivity contribution in [1.29, 1.82) is 0 Å². The monoisotopic (exact) mass is 1480 g/mol. The second-order valence-electron chi connectivity index (χ2n) is 23.5. The number of carbonyl (C=O) groups excluding carboxylic acids is 6. The van der Waals surface area contributed by atoms with Gasteiger partial charge in [0.1, 0.15) is 0 Å². The van der Waals surface area contributed by atoms with Gasteiger partial charge in [0.2, 0.25) is 35.4 Å². The molecule has 0 aromatic heterocycles. The number of carbonyl (C=O) groups is 6. The predicted molar refractivity (Wildman–Crippen MR) is 420 cm³/mol. The Labute approximate surface area is 618 Å². The molecule has 0 radical (unpaired) electrons. The fraction of sp³-hybridized carbons (Fsp3) is 0.440. The molecule has 99 heavy (non-hydrogen) atoms. The molecule has 0 bridgehead atoms. The fourth-order valence-corrected chi connectivity index (χ4v) is 11.5. The van der Waals surface area contributed by atoms with Crippen LogP contribution in [0.1, 0.15) is 76.5 Å². The quantitative estimate of drug-likeness (QED) is 0.0199. The molecule has 0 aliphatic rings. The fourth-order valence-electron chi connectivity index (χ4n) is 10.3. The van der Waals surface area contributed by atoms with Gasteiger partial charge in [-0.3, -0.25) is 28.8 Å². The minimum Gasteiger partial charge on any atom is -0.369 e. The van der Waals surface area contributed by atoms with Gasteiger partial charge in [0, 0.05) is 152 Å². The zero-order chi connectivity index (χ0) is 72.2. The zero-order valence-electron chi connectivity index (χ0n) is 58.3.